The molecule has 1 aliphatic heterocycles. The second kappa shape index (κ2) is 7.63. The first-order valence-electron chi connectivity index (χ1n) is 9.31. The molecule has 28 heavy (non-hydrogen) atoms. The Kier molecular flexibility index (Phi) is 5.74. The van der Waals surface area contributed by atoms with Gasteiger partial charge in [0.25, 0.3) is 0 Å². The van der Waals surface area contributed by atoms with E-state index in [0.29, 0.717) is 6.04 Å². The van der Waals surface area contributed by atoms with Gasteiger partial charge in [-0.3, -0.25) is 0 Å². The average Bonchev–Trinajstić information content (AvgIpc) is 2.68. The van der Waals surface area contributed by atoms with Gasteiger partial charge in [0.1, 0.15) is 6.04 Å². The molecule has 5 nitrogen and oxygen atoms in total. The van der Waals surface area contributed by atoms with Gasteiger partial charge in [-0.2, -0.15) is 0 Å². The smallest absolute Gasteiger partial charge is 0.169 e. The van der Waals surface area contributed by atoms with Gasteiger partial charge < -0.3 is 47.4 Å². The van der Waals surface area contributed by atoms with Crippen molar-refractivity contribution in [2.75, 3.05) is 49.1 Å². The second-order valence-corrected chi connectivity index (χ2v) is 7.87. The van der Waals surface area contributed by atoms with Crippen molar-refractivity contribution in [3.63, 3.8) is 0 Å². The monoisotopic (exact) mass is 497 g/mol. The first-order valence-corrected chi connectivity index (χ1v) is 9.31. The number of rotatable bonds is 4. The fourth-order valence-corrected chi connectivity index (χ4v) is 4.78. The van der Waals surface area contributed by atoms with Crippen molar-refractivity contribution in [1.29, 1.82) is 0 Å². The highest BCUT2D eigenvalue weighted by Crippen LogP contribution is 2.57. The van der Waals surface area contributed by atoms with Gasteiger partial charge in [-0.05, 0) is 23.3 Å². The molecule has 0 bridgehead atoms. The van der Waals surface area contributed by atoms with Gasteiger partial charge in [0.2, 0.25) is 0 Å². The molecule has 2 aliphatic rings. The van der Waals surface area contributed by atoms with Gasteiger partial charge in [-0.15, -0.1) is 0 Å². The van der Waals surface area contributed by atoms with Crippen LogP contribution in [0.5, 0.6) is 23.0 Å². The molecule has 0 saturated heterocycles. The molecular formula is C22H28INO4. The Morgan fingerprint density at radius 2 is 1.46 bits per heavy atom. The highest BCUT2D eigenvalue weighted by Gasteiger charge is 2.44. The normalized spacial score (nSPS) is 18.3. The molecule has 0 saturated carbocycles. The number of ether oxygens (including phenoxy) is 4. The molecule has 0 N–H and O–H groups in total. The van der Waals surface area contributed by atoms with E-state index >= 15 is 0 Å². The van der Waals surface area contributed by atoms with Gasteiger partial charge in [-0.25, -0.2) is 0 Å². The minimum Gasteiger partial charge on any atom is -1.00 e. The van der Waals surface area contributed by atoms with E-state index in [1.807, 2.05) is 6.07 Å². The largest absolute Gasteiger partial charge is 1.00 e. The topological polar surface area (TPSA) is 36.9 Å². The van der Waals surface area contributed by atoms with E-state index in [2.05, 4.69) is 26.2 Å². The summed E-state index contributed by atoms with van der Waals surface area (Å²) in [6.07, 6.45) is 1.99. The third-order valence-corrected chi connectivity index (χ3v) is 6.23. The van der Waals surface area contributed by atoms with Crippen molar-refractivity contribution in [2.24, 2.45) is 0 Å². The van der Waals surface area contributed by atoms with Crippen LogP contribution in [0.25, 0.3) is 11.1 Å². The van der Waals surface area contributed by atoms with E-state index < -0.39 is 0 Å². The van der Waals surface area contributed by atoms with Crippen LogP contribution in [0.4, 0.5) is 0 Å². The van der Waals surface area contributed by atoms with Crippen LogP contribution in [-0.2, 0) is 12.8 Å². The Labute approximate surface area is 184 Å². The number of benzene rings is 2. The lowest BCUT2D eigenvalue weighted by atomic mass is 9.75. The van der Waals surface area contributed by atoms with Crippen LogP contribution in [-0.4, -0.2) is 53.6 Å². The van der Waals surface area contributed by atoms with E-state index in [1.165, 1.54) is 16.7 Å². The quantitative estimate of drug-likeness (QED) is 0.459. The third-order valence-electron chi connectivity index (χ3n) is 6.23. The molecule has 4 rings (SSSR count). The minimum absolute atomic E-state index is 0. The van der Waals surface area contributed by atoms with Crippen LogP contribution in [0.2, 0.25) is 0 Å². The maximum absolute atomic E-state index is 5.88. The van der Waals surface area contributed by atoms with Crippen LogP contribution in [0.1, 0.15) is 22.7 Å². The van der Waals surface area contributed by atoms with E-state index in [9.17, 15) is 0 Å². The predicted octanol–water partition coefficient (Wildman–Crippen LogP) is 0.622. The van der Waals surface area contributed by atoms with Crippen LogP contribution < -0.4 is 42.9 Å². The molecule has 2 aromatic rings. The summed E-state index contributed by atoms with van der Waals surface area (Å²) in [4.78, 5) is 0. The summed E-state index contributed by atoms with van der Waals surface area (Å²) in [5.41, 5.74) is 6.14. The van der Waals surface area contributed by atoms with Crippen molar-refractivity contribution in [2.45, 2.75) is 18.9 Å². The van der Waals surface area contributed by atoms with Gasteiger partial charge in [0.05, 0.1) is 49.1 Å². The number of methoxy groups -OCH3 is 4. The van der Waals surface area contributed by atoms with E-state index in [0.717, 1.165) is 58.0 Å². The molecule has 1 atom stereocenters. The summed E-state index contributed by atoms with van der Waals surface area (Å²) in [6.45, 7) is 1.11. The summed E-state index contributed by atoms with van der Waals surface area (Å²) in [6, 6.07) is 6.70. The highest BCUT2D eigenvalue weighted by molar-refractivity contribution is 5.88. The number of likely N-dealkylation sites (N-methyl/N-ethyl adjacent to an activating group) is 1. The van der Waals surface area contributed by atoms with E-state index in [4.69, 9.17) is 18.9 Å². The lowest BCUT2D eigenvalue weighted by molar-refractivity contribution is -0.923. The number of hydrogen-bond donors (Lipinski definition) is 0. The first-order chi connectivity index (χ1) is 13.0. The SMILES string of the molecule is COc1ccc2c(c1OC)-c1c(OC)c(OC)cc3c1[C@@H](C2)[N+](C)(C)CC3.[I-]. The van der Waals surface area contributed by atoms with Crippen LogP contribution in [0.3, 0.4) is 0 Å². The first kappa shape index (κ1) is 21.0. The summed E-state index contributed by atoms with van der Waals surface area (Å²) in [5.74, 6) is 3.04. The molecule has 0 radical (unpaired) electrons. The molecule has 6 heteroatoms. The molecule has 0 aromatic heterocycles. The zero-order valence-electron chi connectivity index (χ0n) is 17.4. The van der Waals surface area contributed by atoms with Crippen LogP contribution >= 0.6 is 0 Å². The molecule has 0 fully saturated rings. The third kappa shape index (κ3) is 2.92. The lowest BCUT2D eigenvalue weighted by Crippen LogP contribution is -3.00. The second-order valence-electron chi connectivity index (χ2n) is 7.87. The summed E-state index contributed by atoms with van der Waals surface area (Å²) >= 11 is 0. The van der Waals surface area contributed by atoms with Crippen LogP contribution in [0, 0.1) is 0 Å². The zero-order chi connectivity index (χ0) is 19.3. The molecule has 0 unspecified atom stereocenters. The molecule has 0 amide bonds. The molecule has 152 valence electrons. The highest BCUT2D eigenvalue weighted by atomic mass is 127. The van der Waals surface area contributed by atoms with Crippen molar-refractivity contribution in [1.82, 2.24) is 0 Å². The maximum Gasteiger partial charge on any atom is 0.169 e. The molecule has 1 aliphatic carbocycles. The van der Waals surface area contributed by atoms with E-state index in [-0.39, 0.29) is 24.0 Å². The zero-order valence-corrected chi connectivity index (χ0v) is 19.5. The van der Waals surface area contributed by atoms with E-state index in [1.54, 1.807) is 28.4 Å². The molecule has 2 aromatic carbocycles. The molecule has 1 heterocycles. The van der Waals surface area contributed by atoms with Gasteiger partial charge in [-0.1, -0.05) is 6.07 Å². The Morgan fingerprint density at radius 1 is 0.821 bits per heavy atom. The van der Waals surface area contributed by atoms with Gasteiger partial charge in [0, 0.05) is 29.5 Å². The summed E-state index contributed by atoms with van der Waals surface area (Å²) < 4.78 is 23.9. The Hall–Kier alpha value is -1.67. The van der Waals surface area contributed by atoms with Crippen LogP contribution in [0.15, 0.2) is 18.2 Å². The Morgan fingerprint density at radius 3 is 2.07 bits per heavy atom. The van der Waals surface area contributed by atoms with Crippen molar-refractivity contribution in [3.8, 4) is 34.1 Å². The van der Waals surface area contributed by atoms with Crippen molar-refractivity contribution >= 4 is 0 Å². The molecular weight excluding hydrogens is 469 g/mol. The summed E-state index contributed by atoms with van der Waals surface area (Å²) in [7, 11) is 11.4. The van der Waals surface area contributed by atoms with Crippen molar-refractivity contribution in [3.05, 3.63) is 34.9 Å². The number of halogens is 1. The predicted molar refractivity (Wildman–Crippen MR) is 105 cm³/mol. The number of fused-ring (bicyclic) bond motifs is 2. The summed E-state index contributed by atoms with van der Waals surface area (Å²) in [5, 5.41) is 0. The fourth-order valence-electron chi connectivity index (χ4n) is 4.78. The van der Waals surface area contributed by atoms with Gasteiger partial charge in [0.15, 0.2) is 23.0 Å². The number of nitrogens with zero attached hydrogens (tertiary/aromatic N) is 1. The number of quaternary nitrogens is 1. The standard InChI is InChI=1S/C22H28NO4.HI/c1-23(2)10-9-14-12-17(25-4)22(27-6)20-18(14)15(23)11-13-7-8-16(24-3)21(26-5)19(13)20;/h7-8,12,15H,9-11H2,1-6H3;1H/q+1;/p-1/t15-;/m1./s1. The average molecular weight is 497 g/mol. The maximum atomic E-state index is 5.88. The van der Waals surface area contributed by atoms with Gasteiger partial charge >= 0.3 is 0 Å². The number of hydrogen-bond acceptors (Lipinski definition) is 4. The Bertz CT molecular complexity index is 910. The molecule has 0 spiro atoms. The Balaban J connectivity index is 0.00000225. The lowest BCUT2D eigenvalue weighted by Gasteiger charge is -2.46. The fraction of sp³-hybridized carbons (Fsp3) is 0.455. The van der Waals surface area contributed by atoms with Crippen molar-refractivity contribution < 1.29 is 47.4 Å². The minimum atomic E-state index is 0.